The number of hydrogen-bond donors (Lipinski definition) is 2. The van der Waals surface area contributed by atoms with Gasteiger partial charge in [-0.2, -0.15) is 0 Å². The Morgan fingerprint density at radius 3 is 2.71 bits per heavy atom. The van der Waals surface area contributed by atoms with Crippen molar-refractivity contribution in [3.63, 3.8) is 0 Å². The first-order valence-electron chi connectivity index (χ1n) is 5.95. The van der Waals surface area contributed by atoms with Gasteiger partial charge in [0.1, 0.15) is 6.04 Å². The van der Waals surface area contributed by atoms with Crippen LogP contribution in [0.1, 0.15) is 26.2 Å². The quantitative estimate of drug-likeness (QED) is 0.659. The highest BCUT2D eigenvalue weighted by Gasteiger charge is 2.41. The van der Waals surface area contributed by atoms with Crippen LogP contribution >= 0.6 is 0 Å². The van der Waals surface area contributed by atoms with E-state index >= 15 is 0 Å². The molecule has 1 amide bonds. The second-order valence-corrected chi connectivity index (χ2v) is 4.69. The average Bonchev–Trinajstić information content (AvgIpc) is 2.26. The van der Waals surface area contributed by atoms with Crippen molar-refractivity contribution in [1.29, 1.82) is 0 Å². The maximum absolute atomic E-state index is 11.9. The molecule has 6 heteroatoms. The summed E-state index contributed by atoms with van der Waals surface area (Å²) < 4.78 is 5.06. The number of ether oxygens (including phenoxy) is 1. The topological polar surface area (TPSA) is 78.9 Å². The fraction of sp³-hybridized carbons (Fsp3) is 0.818. The molecule has 2 fully saturated rings. The summed E-state index contributed by atoms with van der Waals surface area (Å²) in [5, 5.41) is 12.8. The van der Waals surface area contributed by atoms with Crippen molar-refractivity contribution < 1.29 is 19.4 Å². The van der Waals surface area contributed by atoms with Crippen molar-refractivity contribution in [1.82, 2.24) is 10.2 Å². The molecule has 17 heavy (non-hydrogen) atoms. The Morgan fingerprint density at radius 1 is 1.47 bits per heavy atom. The lowest BCUT2D eigenvalue weighted by molar-refractivity contribution is -0.216. The summed E-state index contributed by atoms with van der Waals surface area (Å²) in [6.07, 6.45) is 1.24. The maximum atomic E-state index is 11.9. The van der Waals surface area contributed by atoms with Crippen LogP contribution in [0.2, 0.25) is 0 Å². The minimum Gasteiger partial charge on any atom is -0.417 e. The number of piperazine rings is 1. The molecule has 2 aliphatic rings. The van der Waals surface area contributed by atoms with Crippen LogP contribution in [-0.4, -0.2) is 53.3 Å². The third kappa shape index (κ3) is 2.58. The predicted molar refractivity (Wildman–Crippen MR) is 59.3 cm³/mol. The molecule has 96 valence electrons. The molecule has 1 aliphatic heterocycles. The van der Waals surface area contributed by atoms with Gasteiger partial charge in [-0.05, 0) is 13.3 Å². The third-order valence-electron chi connectivity index (χ3n) is 3.36. The molecule has 2 N–H and O–H groups in total. The van der Waals surface area contributed by atoms with Crippen LogP contribution in [0.5, 0.6) is 0 Å². The summed E-state index contributed by atoms with van der Waals surface area (Å²) in [6.45, 7) is 2.97. The molecule has 1 aliphatic carbocycles. The Morgan fingerprint density at radius 2 is 2.18 bits per heavy atom. The Bertz CT molecular complexity index is 327. The van der Waals surface area contributed by atoms with E-state index in [1.807, 2.05) is 0 Å². The van der Waals surface area contributed by atoms with Crippen molar-refractivity contribution >= 4 is 11.9 Å². The van der Waals surface area contributed by atoms with E-state index in [0.717, 1.165) is 6.42 Å². The smallest absolute Gasteiger partial charge is 0.412 e. The third-order valence-corrected chi connectivity index (χ3v) is 3.36. The minimum atomic E-state index is -1.30. The predicted octanol–water partition coefficient (Wildman–Crippen LogP) is -0.142. The van der Waals surface area contributed by atoms with Crippen LogP contribution in [-0.2, 0) is 9.53 Å². The number of nitrogens with zero attached hydrogens (tertiary/aromatic N) is 1. The second-order valence-electron chi connectivity index (χ2n) is 4.69. The molecule has 0 spiro atoms. The second kappa shape index (κ2) is 4.62. The van der Waals surface area contributed by atoms with E-state index in [2.05, 4.69) is 5.32 Å². The van der Waals surface area contributed by atoms with Gasteiger partial charge in [0, 0.05) is 32.5 Å². The van der Waals surface area contributed by atoms with Gasteiger partial charge >= 0.3 is 6.09 Å². The summed E-state index contributed by atoms with van der Waals surface area (Å²) in [5.74, 6) is -1.38. The van der Waals surface area contributed by atoms with Gasteiger partial charge in [-0.15, -0.1) is 0 Å². The number of nitrogens with one attached hydrogen (secondary N) is 1. The van der Waals surface area contributed by atoms with Crippen molar-refractivity contribution in [2.24, 2.45) is 0 Å². The average molecular weight is 242 g/mol. The Balaban J connectivity index is 1.98. The van der Waals surface area contributed by atoms with Gasteiger partial charge in [0.25, 0.3) is 0 Å². The highest BCUT2D eigenvalue weighted by Crippen LogP contribution is 2.33. The van der Waals surface area contributed by atoms with E-state index in [9.17, 15) is 14.7 Å². The van der Waals surface area contributed by atoms with Crippen LogP contribution in [0.3, 0.4) is 0 Å². The molecule has 0 bridgehead atoms. The highest BCUT2D eigenvalue weighted by molar-refractivity contribution is 5.86. The maximum Gasteiger partial charge on any atom is 0.412 e. The van der Waals surface area contributed by atoms with Crippen molar-refractivity contribution in [3.05, 3.63) is 0 Å². The Labute approximate surface area is 99.9 Å². The van der Waals surface area contributed by atoms with Crippen LogP contribution in [0.25, 0.3) is 0 Å². The lowest BCUT2D eigenvalue weighted by Crippen LogP contribution is -2.58. The summed E-state index contributed by atoms with van der Waals surface area (Å²) in [5.41, 5.74) is 0. The lowest BCUT2D eigenvalue weighted by atomic mass is 9.92. The fourth-order valence-corrected chi connectivity index (χ4v) is 2.09. The van der Waals surface area contributed by atoms with E-state index < -0.39 is 17.9 Å². The molecule has 1 atom stereocenters. The number of aliphatic hydroxyl groups is 1. The SMILES string of the molecule is CC(=O)C1CNCCN1C(=O)OC1(O)CCC1. The van der Waals surface area contributed by atoms with Gasteiger partial charge in [-0.3, -0.25) is 9.69 Å². The number of hydrogen-bond acceptors (Lipinski definition) is 5. The molecule has 0 radical (unpaired) electrons. The number of rotatable bonds is 2. The monoisotopic (exact) mass is 242 g/mol. The number of carbonyl (C=O) groups excluding carboxylic acids is 2. The number of amides is 1. The highest BCUT2D eigenvalue weighted by atomic mass is 16.7. The van der Waals surface area contributed by atoms with Crippen molar-refractivity contribution in [3.8, 4) is 0 Å². The molecule has 1 saturated heterocycles. The number of carbonyl (C=O) groups is 2. The number of ketones is 1. The zero-order valence-corrected chi connectivity index (χ0v) is 9.94. The normalized spacial score (nSPS) is 27.2. The Kier molecular flexibility index (Phi) is 3.35. The fourth-order valence-electron chi connectivity index (χ4n) is 2.09. The van der Waals surface area contributed by atoms with Gasteiger partial charge in [0.15, 0.2) is 5.78 Å². The van der Waals surface area contributed by atoms with Gasteiger partial charge in [-0.25, -0.2) is 4.79 Å². The minimum absolute atomic E-state index is 0.0743. The molecular weight excluding hydrogens is 224 g/mol. The summed E-state index contributed by atoms with van der Waals surface area (Å²) in [7, 11) is 0. The Hall–Kier alpha value is -1.14. The van der Waals surface area contributed by atoms with E-state index in [1.54, 1.807) is 0 Å². The van der Waals surface area contributed by atoms with E-state index in [1.165, 1.54) is 11.8 Å². The zero-order chi connectivity index (χ0) is 12.5. The van der Waals surface area contributed by atoms with Crippen LogP contribution < -0.4 is 5.32 Å². The first kappa shape index (κ1) is 12.3. The zero-order valence-electron chi connectivity index (χ0n) is 9.94. The van der Waals surface area contributed by atoms with E-state index in [-0.39, 0.29) is 5.78 Å². The largest absolute Gasteiger partial charge is 0.417 e. The molecule has 1 heterocycles. The van der Waals surface area contributed by atoms with Crippen molar-refractivity contribution in [2.45, 2.75) is 38.0 Å². The molecule has 0 aromatic heterocycles. The van der Waals surface area contributed by atoms with Gasteiger partial charge in [-0.1, -0.05) is 0 Å². The summed E-state index contributed by atoms with van der Waals surface area (Å²) in [6, 6.07) is -0.486. The van der Waals surface area contributed by atoms with E-state index in [4.69, 9.17) is 4.74 Å². The van der Waals surface area contributed by atoms with E-state index in [0.29, 0.717) is 32.5 Å². The van der Waals surface area contributed by atoms with Crippen molar-refractivity contribution in [2.75, 3.05) is 19.6 Å². The molecule has 6 nitrogen and oxygen atoms in total. The lowest BCUT2D eigenvalue weighted by Gasteiger charge is -2.40. The summed E-state index contributed by atoms with van der Waals surface area (Å²) >= 11 is 0. The van der Waals surface area contributed by atoms with Crippen LogP contribution in [0, 0.1) is 0 Å². The molecular formula is C11H18N2O4. The first-order chi connectivity index (χ1) is 8.02. The van der Waals surface area contributed by atoms with Gasteiger partial charge in [0.05, 0.1) is 0 Å². The number of Topliss-reactive ketones (excluding diaryl/α,β-unsaturated/α-hetero) is 1. The standard InChI is InChI=1S/C11H18N2O4/c1-8(14)9-7-12-5-6-13(9)10(15)17-11(16)3-2-4-11/h9,12,16H,2-7H2,1H3. The summed E-state index contributed by atoms with van der Waals surface area (Å²) in [4.78, 5) is 24.7. The van der Waals surface area contributed by atoms with Gasteiger partial charge in [0.2, 0.25) is 5.79 Å². The molecule has 0 aromatic carbocycles. The molecule has 1 saturated carbocycles. The molecule has 0 aromatic rings. The molecule has 1 unspecified atom stereocenters. The molecule has 2 rings (SSSR count). The van der Waals surface area contributed by atoms with Crippen LogP contribution in [0.4, 0.5) is 4.79 Å². The van der Waals surface area contributed by atoms with Gasteiger partial charge < -0.3 is 15.2 Å². The first-order valence-corrected chi connectivity index (χ1v) is 5.95. The van der Waals surface area contributed by atoms with Crippen LogP contribution in [0.15, 0.2) is 0 Å².